The molecule has 10 heavy (non-hydrogen) atoms. The van der Waals surface area contributed by atoms with Gasteiger partial charge in [0.05, 0.1) is 12.7 Å². The normalized spacial score (nSPS) is 25.5. The Kier molecular flexibility index (Phi) is 1.76. The van der Waals surface area contributed by atoms with Crippen molar-refractivity contribution >= 4 is 5.97 Å². The predicted molar refractivity (Wildman–Crippen MR) is 35.7 cm³/mol. The van der Waals surface area contributed by atoms with Crippen molar-refractivity contribution in [2.75, 3.05) is 6.61 Å². The van der Waals surface area contributed by atoms with Crippen molar-refractivity contribution < 1.29 is 14.6 Å². The van der Waals surface area contributed by atoms with Crippen molar-refractivity contribution in [3.63, 3.8) is 0 Å². The zero-order chi connectivity index (χ0) is 7.72. The monoisotopic (exact) mass is 142 g/mol. The van der Waals surface area contributed by atoms with Gasteiger partial charge in [-0.05, 0) is 0 Å². The summed E-state index contributed by atoms with van der Waals surface area (Å²) in [7, 11) is 0. The van der Waals surface area contributed by atoms with Gasteiger partial charge in [-0.2, -0.15) is 0 Å². The second kappa shape index (κ2) is 2.42. The van der Waals surface area contributed by atoms with Crippen molar-refractivity contribution in [2.24, 2.45) is 5.92 Å². The number of aliphatic carboxylic acids is 1. The molecule has 2 unspecified atom stereocenters. The molecule has 0 saturated carbocycles. The molecular formula is C7H10O3. The summed E-state index contributed by atoms with van der Waals surface area (Å²) in [6.45, 7) is 5.92. The average Bonchev–Trinajstić information content (AvgIpc) is 2.65. The zero-order valence-electron chi connectivity index (χ0n) is 5.83. The number of rotatable bonds is 3. The van der Waals surface area contributed by atoms with Gasteiger partial charge in [0.2, 0.25) is 0 Å². The van der Waals surface area contributed by atoms with Crippen LogP contribution in [0.5, 0.6) is 0 Å². The molecule has 0 bridgehead atoms. The van der Waals surface area contributed by atoms with E-state index in [9.17, 15) is 4.79 Å². The number of hydrogen-bond acceptors (Lipinski definition) is 2. The predicted octanol–water partition coefficient (Wildman–Crippen LogP) is 0.662. The van der Waals surface area contributed by atoms with Crippen LogP contribution in [0.1, 0.15) is 6.92 Å². The lowest BCUT2D eigenvalue weighted by Gasteiger charge is -2.05. The van der Waals surface area contributed by atoms with Crippen molar-refractivity contribution in [1.82, 2.24) is 0 Å². The lowest BCUT2D eigenvalue weighted by Crippen LogP contribution is -2.13. The van der Waals surface area contributed by atoms with E-state index in [1.165, 1.54) is 0 Å². The minimum absolute atomic E-state index is 0.0440. The van der Waals surface area contributed by atoms with Gasteiger partial charge in [-0.25, -0.2) is 4.79 Å². The van der Waals surface area contributed by atoms with Gasteiger partial charge in [-0.15, -0.1) is 0 Å². The summed E-state index contributed by atoms with van der Waals surface area (Å²) >= 11 is 0. The second-order valence-corrected chi connectivity index (χ2v) is 2.49. The number of ether oxygens (including phenoxy) is 1. The van der Waals surface area contributed by atoms with Gasteiger partial charge in [0.15, 0.2) is 0 Å². The molecule has 1 fully saturated rings. The minimum atomic E-state index is -0.928. The molecule has 0 amide bonds. The topological polar surface area (TPSA) is 49.8 Å². The van der Waals surface area contributed by atoms with Crippen LogP contribution in [0.3, 0.4) is 0 Å². The largest absolute Gasteiger partial charge is 0.478 e. The third-order valence-electron chi connectivity index (χ3n) is 1.74. The molecule has 1 rings (SSSR count). The number of carboxylic acid groups (broad SMARTS) is 1. The second-order valence-electron chi connectivity index (χ2n) is 2.49. The Balaban J connectivity index is 2.46. The Bertz CT molecular complexity index is 170. The maximum absolute atomic E-state index is 10.3. The molecule has 0 aromatic heterocycles. The van der Waals surface area contributed by atoms with Crippen LogP contribution >= 0.6 is 0 Å². The van der Waals surface area contributed by atoms with Crippen LogP contribution in [-0.4, -0.2) is 23.8 Å². The molecule has 1 aliphatic rings. The summed E-state index contributed by atoms with van der Waals surface area (Å²) in [6, 6.07) is 0. The highest BCUT2D eigenvalue weighted by Gasteiger charge is 2.33. The highest BCUT2D eigenvalue weighted by atomic mass is 16.6. The molecule has 2 atom stereocenters. The van der Waals surface area contributed by atoms with E-state index in [1.807, 2.05) is 6.92 Å². The Morgan fingerprint density at radius 3 is 2.70 bits per heavy atom. The molecule has 0 spiro atoms. The maximum atomic E-state index is 10.3. The molecule has 56 valence electrons. The van der Waals surface area contributed by atoms with E-state index < -0.39 is 5.97 Å². The summed E-state index contributed by atoms with van der Waals surface area (Å²) in [5.74, 6) is -0.972. The van der Waals surface area contributed by atoms with Crippen LogP contribution in [-0.2, 0) is 9.53 Å². The molecule has 3 heteroatoms. The fourth-order valence-electron chi connectivity index (χ4n) is 0.763. The summed E-state index contributed by atoms with van der Waals surface area (Å²) < 4.78 is 4.92. The van der Waals surface area contributed by atoms with E-state index >= 15 is 0 Å². The Morgan fingerprint density at radius 2 is 2.40 bits per heavy atom. The highest BCUT2D eigenvalue weighted by molar-refractivity contribution is 5.86. The van der Waals surface area contributed by atoms with Gasteiger partial charge < -0.3 is 9.84 Å². The lowest BCUT2D eigenvalue weighted by atomic mass is 10.00. The van der Waals surface area contributed by atoms with Crippen molar-refractivity contribution in [1.29, 1.82) is 0 Å². The van der Waals surface area contributed by atoms with Crippen molar-refractivity contribution in [3.05, 3.63) is 12.2 Å². The standard InChI is InChI=1S/C7H10O3/c1-4(6-3-10-6)5(2)7(8)9/h4,6H,2-3H2,1H3,(H,8,9). The first-order chi connectivity index (χ1) is 4.63. The van der Waals surface area contributed by atoms with Crippen LogP contribution in [0.4, 0.5) is 0 Å². The molecule has 1 N–H and O–H groups in total. The molecular weight excluding hydrogens is 132 g/mol. The van der Waals surface area contributed by atoms with Crippen LogP contribution in [0, 0.1) is 5.92 Å². The van der Waals surface area contributed by atoms with E-state index in [-0.39, 0.29) is 17.6 Å². The first kappa shape index (κ1) is 7.28. The maximum Gasteiger partial charge on any atom is 0.331 e. The summed E-state index contributed by atoms with van der Waals surface area (Å²) in [6.07, 6.45) is 0.101. The van der Waals surface area contributed by atoms with Gasteiger partial charge in [-0.3, -0.25) is 0 Å². The molecule has 0 radical (unpaired) electrons. The number of carbonyl (C=O) groups is 1. The minimum Gasteiger partial charge on any atom is -0.478 e. The molecule has 0 aromatic carbocycles. The van der Waals surface area contributed by atoms with Gasteiger partial charge in [0.25, 0.3) is 0 Å². The molecule has 1 heterocycles. The molecule has 1 aliphatic heterocycles. The summed E-state index contributed by atoms with van der Waals surface area (Å²) in [5.41, 5.74) is 0.238. The van der Waals surface area contributed by atoms with E-state index in [4.69, 9.17) is 9.84 Å². The number of hydrogen-bond donors (Lipinski definition) is 1. The Morgan fingerprint density at radius 1 is 1.90 bits per heavy atom. The number of carboxylic acids is 1. The molecule has 0 aromatic rings. The first-order valence-electron chi connectivity index (χ1n) is 3.16. The van der Waals surface area contributed by atoms with Crippen LogP contribution in [0.15, 0.2) is 12.2 Å². The Labute approximate surface area is 59.3 Å². The van der Waals surface area contributed by atoms with Crippen LogP contribution in [0.2, 0.25) is 0 Å². The van der Waals surface area contributed by atoms with E-state index in [1.54, 1.807) is 0 Å². The van der Waals surface area contributed by atoms with E-state index in [0.717, 1.165) is 0 Å². The zero-order valence-corrected chi connectivity index (χ0v) is 5.83. The molecule has 3 nitrogen and oxygen atoms in total. The fourth-order valence-corrected chi connectivity index (χ4v) is 0.763. The third-order valence-corrected chi connectivity index (χ3v) is 1.74. The SMILES string of the molecule is C=C(C(=O)O)C(C)C1CO1. The third kappa shape index (κ3) is 1.36. The quantitative estimate of drug-likeness (QED) is 0.465. The van der Waals surface area contributed by atoms with Crippen LogP contribution in [0.25, 0.3) is 0 Å². The van der Waals surface area contributed by atoms with Crippen molar-refractivity contribution in [2.45, 2.75) is 13.0 Å². The fraction of sp³-hybridized carbons (Fsp3) is 0.571. The van der Waals surface area contributed by atoms with E-state index in [0.29, 0.717) is 6.61 Å². The first-order valence-corrected chi connectivity index (χ1v) is 3.16. The average molecular weight is 142 g/mol. The Hall–Kier alpha value is -0.830. The van der Waals surface area contributed by atoms with Gasteiger partial charge in [-0.1, -0.05) is 13.5 Å². The smallest absolute Gasteiger partial charge is 0.331 e. The summed E-state index contributed by atoms with van der Waals surface area (Å²) in [4.78, 5) is 10.3. The summed E-state index contributed by atoms with van der Waals surface area (Å²) in [5, 5.41) is 8.47. The van der Waals surface area contributed by atoms with Gasteiger partial charge in [0, 0.05) is 11.5 Å². The van der Waals surface area contributed by atoms with E-state index in [2.05, 4.69) is 6.58 Å². The highest BCUT2D eigenvalue weighted by Crippen LogP contribution is 2.25. The number of epoxide rings is 1. The van der Waals surface area contributed by atoms with Gasteiger partial charge in [0.1, 0.15) is 0 Å². The molecule has 1 saturated heterocycles. The van der Waals surface area contributed by atoms with Gasteiger partial charge >= 0.3 is 5.97 Å². The lowest BCUT2D eigenvalue weighted by molar-refractivity contribution is -0.133. The molecule has 0 aliphatic carbocycles. The van der Waals surface area contributed by atoms with Crippen LogP contribution < -0.4 is 0 Å². The van der Waals surface area contributed by atoms with Crippen molar-refractivity contribution in [3.8, 4) is 0 Å².